The first-order valence-electron chi connectivity index (χ1n) is 5.79. The highest BCUT2D eigenvalue weighted by molar-refractivity contribution is 7.89. The molecule has 1 N–H and O–H groups in total. The largest absolute Gasteiger partial charge is 0.493 e. The van der Waals surface area contributed by atoms with Crippen molar-refractivity contribution in [2.24, 2.45) is 0 Å². The maximum Gasteiger partial charge on any atom is 0.306 e. The van der Waals surface area contributed by atoms with Gasteiger partial charge in [-0.3, -0.25) is 4.79 Å². The number of aliphatic carboxylic acids is 1. The second-order valence-electron chi connectivity index (χ2n) is 3.88. The number of rotatable bonds is 7. The van der Waals surface area contributed by atoms with Crippen LogP contribution in [0.25, 0.3) is 0 Å². The van der Waals surface area contributed by atoms with Crippen LogP contribution in [0.2, 0.25) is 0 Å². The van der Waals surface area contributed by atoms with E-state index in [4.69, 9.17) is 9.84 Å². The van der Waals surface area contributed by atoms with Gasteiger partial charge < -0.3 is 9.84 Å². The molecule has 0 heterocycles. The highest BCUT2D eigenvalue weighted by atomic mass is 32.2. The van der Waals surface area contributed by atoms with Gasteiger partial charge in [-0.1, -0.05) is 6.92 Å². The molecule has 0 aromatic heterocycles. The van der Waals surface area contributed by atoms with Crippen molar-refractivity contribution in [2.75, 3.05) is 20.2 Å². The van der Waals surface area contributed by atoms with E-state index in [9.17, 15) is 13.2 Å². The van der Waals surface area contributed by atoms with E-state index in [1.165, 1.54) is 35.6 Å². The highest BCUT2D eigenvalue weighted by Gasteiger charge is 2.18. The van der Waals surface area contributed by atoms with E-state index in [2.05, 4.69) is 0 Å². The summed E-state index contributed by atoms with van der Waals surface area (Å²) in [6.07, 6.45) is -0.0986. The Labute approximate surface area is 112 Å². The van der Waals surface area contributed by atoms with Gasteiger partial charge in [0.2, 0.25) is 10.0 Å². The number of carboxylic acids is 1. The van der Waals surface area contributed by atoms with Gasteiger partial charge in [-0.15, -0.1) is 0 Å². The second kappa shape index (κ2) is 6.53. The number of sulfonamides is 1. The molecule has 0 fully saturated rings. The monoisotopic (exact) mass is 287 g/mol. The minimum absolute atomic E-state index is 0.0519. The molecule has 0 saturated carbocycles. The molecular formula is C12H17NO5S. The molecule has 19 heavy (non-hydrogen) atoms. The van der Waals surface area contributed by atoms with E-state index in [1.807, 2.05) is 0 Å². The molecule has 0 amide bonds. The van der Waals surface area contributed by atoms with E-state index in [-0.39, 0.29) is 17.9 Å². The van der Waals surface area contributed by atoms with Crippen LogP contribution < -0.4 is 4.74 Å². The predicted molar refractivity (Wildman–Crippen MR) is 69.7 cm³/mol. The molecule has 0 saturated heterocycles. The summed E-state index contributed by atoms with van der Waals surface area (Å²) in [5.41, 5.74) is 0. The molecule has 7 heteroatoms. The highest BCUT2D eigenvalue weighted by Crippen LogP contribution is 2.18. The number of ether oxygens (including phenoxy) is 1. The van der Waals surface area contributed by atoms with Crippen LogP contribution in [0.15, 0.2) is 29.2 Å². The van der Waals surface area contributed by atoms with Crippen molar-refractivity contribution in [3.05, 3.63) is 24.3 Å². The maximum absolute atomic E-state index is 12.0. The van der Waals surface area contributed by atoms with Crippen molar-refractivity contribution in [3.63, 3.8) is 0 Å². The van der Waals surface area contributed by atoms with Crippen molar-refractivity contribution < 1.29 is 23.1 Å². The van der Waals surface area contributed by atoms with E-state index in [1.54, 1.807) is 6.92 Å². The number of carboxylic acid groups (broad SMARTS) is 1. The van der Waals surface area contributed by atoms with Crippen LogP contribution in [0.5, 0.6) is 5.75 Å². The zero-order valence-electron chi connectivity index (χ0n) is 10.9. The van der Waals surface area contributed by atoms with Crippen molar-refractivity contribution in [3.8, 4) is 5.75 Å². The number of hydrogen-bond acceptors (Lipinski definition) is 4. The number of nitrogens with zero attached hydrogens (tertiary/aromatic N) is 1. The van der Waals surface area contributed by atoms with E-state index in [0.717, 1.165) is 0 Å². The topological polar surface area (TPSA) is 83.9 Å². The summed E-state index contributed by atoms with van der Waals surface area (Å²) in [6, 6.07) is 5.91. The summed E-state index contributed by atoms with van der Waals surface area (Å²) >= 11 is 0. The van der Waals surface area contributed by atoms with Gasteiger partial charge in [0.25, 0.3) is 0 Å². The minimum atomic E-state index is -3.46. The van der Waals surface area contributed by atoms with Crippen LogP contribution in [-0.2, 0) is 14.8 Å². The maximum atomic E-state index is 12.0. The molecule has 0 bridgehead atoms. The molecule has 0 aliphatic heterocycles. The Morgan fingerprint density at radius 1 is 1.32 bits per heavy atom. The van der Waals surface area contributed by atoms with Crippen LogP contribution in [0.3, 0.4) is 0 Å². The fraction of sp³-hybridized carbons (Fsp3) is 0.417. The minimum Gasteiger partial charge on any atom is -0.493 e. The van der Waals surface area contributed by atoms with Crippen LogP contribution in [0.1, 0.15) is 13.3 Å². The predicted octanol–water partition coefficient (Wildman–Crippen LogP) is 1.18. The average Bonchev–Trinajstić information content (AvgIpc) is 2.38. The summed E-state index contributed by atoms with van der Waals surface area (Å²) in [5.74, 6) is -0.497. The number of carbonyl (C=O) groups is 1. The Bertz CT molecular complexity index is 524. The van der Waals surface area contributed by atoms with Gasteiger partial charge >= 0.3 is 5.97 Å². The van der Waals surface area contributed by atoms with Gasteiger partial charge in [0.15, 0.2) is 0 Å². The van der Waals surface area contributed by atoms with Gasteiger partial charge in [0.05, 0.1) is 17.9 Å². The molecule has 0 aliphatic carbocycles. The Kier molecular flexibility index (Phi) is 5.31. The van der Waals surface area contributed by atoms with Crippen LogP contribution in [0, 0.1) is 0 Å². The molecule has 6 nitrogen and oxygen atoms in total. The van der Waals surface area contributed by atoms with Gasteiger partial charge in [-0.05, 0) is 24.3 Å². The van der Waals surface area contributed by atoms with Crippen molar-refractivity contribution >= 4 is 16.0 Å². The Hall–Kier alpha value is -1.60. The Morgan fingerprint density at radius 2 is 1.89 bits per heavy atom. The van der Waals surface area contributed by atoms with E-state index < -0.39 is 16.0 Å². The summed E-state index contributed by atoms with van der Waals surface area (Å²) in [5, 5.41) is 8.47. The summed E-state index contributed by atoms with van der Waals surface area (Å²) in [4.78, 5) is 10.5. The molecule has 0 aliphatic rings. The summed E-state index contributed by atoms with van der Waals surface area (Å²) in [7, 11) is -1.95. The van der Waals surface area contributed by atoms with Crippen molar-refractivity contribution in [1.82, 2.24) is 4.31 Å². The van der Waals surface area contributed by atoms with E-state index >= 15 is 0 Å². The molecule has 0 radical (unpaired) electrons. The Balaban J connectivity index is 2.74. The first-order chi connectivity index (χ1) is 8.87. The molecule has 106 valence electrons. The first kappa shape index (κ1) is 15.5. The lowest BCUT2D eigenvalue weighted by Crippen LogP contribution is -2.26. The molecular weight excluding hydrogens is 270 g/mol. The molecule has 1 aromatic carbocycles. The van der Waals surface area contributed by atoms with Gasteiger partial charge in [-0.2, -0.15) is 0 Å². The lowest BCUT2D eigenvalue weighted by molar-refractivity contribution is -0.137. The van der Waals surface area contributed by atoms with Gasteiger partial charge in [-0.25, -0.2) is 12.7 Å². The number of hydrogen-bond donors (Lipinski definition) is 1. The number of benzene rings is 1. The quantitative estimate of drug-likeness (QED) is 0.814. The molecule has 1 rings (SSSR count). The van der Waals surface area contributed by atoms with Gasteiger partial charge in [0.1, 0.15) is 5.75 Å². The lowest BCUT2D eigenvalue weighted by Gasteiger charge is -2.15. The van der Waals surface area contributed by atoms with Crippen LogP contribution in [-0.4, -0.2) is 44.0 Å². The van der Waals surface area contributed by atoms with Gasteiger partial charge in [0, 0.05) is 13.6 Å². The van der Waals surface area contributed by atoms with Crippen LogP contribution >= 0.6 is 0 Å². The Morgan fingerprint density at radius 3 is 2.37 bits per heavy atom. The normalized spacial score (nSPS) is 11.5. The molecule has 0 spiro atoms. The molecule has 1 aromatic rings. The molecule has 0 atom stereocenters. The summed E-state index contributed by atoms with van der Waals surface area (Å²) in [6.45, 7) is 2.19. The third kappa shape index (κ3) is 4.22. The third-order valence-corrected chi connectivity index (χ3v) is 4.51. The van der Waals surface area contributed by atoms with Crippen molar-refractivity contribution in [1.29, 1.82) is 0 Å². The van der Waals surface area contributed by atoms with Crippen LogP contribution in [0.4, 0.5) is 0 Å². The smallest absolute Gasteiger partial charge is 0.306 e. The first-order valence-corrected chi connectivity index (χ1v) is 7.23. The average molecular weight is 287 g/mol. The SMILES string of the molecule is CCN(C)S(=O)(=O)c1ccc(OCCC(=O)O)cc1. The standard InChI is InChI=1S/C12H17NO5S/c1-3-13(2)19(16,17)11-6-4-10(5-7-11)18-9-8-12(14)15/h4-7H,3,8-9H2,1-2H3,(H,14,15). The third-order valence-electron chi connectivity index (χ3n) is 2.56. The fourth-order valence-corrected chi connectivity index (χ4v) is 2.49. The summed E-state index contributed by atoms with van der Waals surface area (Å²) < 4.78 is 30.4. The zero-order chi connectivity index (χ0) is 14.5. The fourth-order valence-electron chi connectivity index (χ4n) is 1.31. The van der Waals surface area contributed by atoms with Crippen molar-refractivity contribution in [2.45, 2.75) is 18.2 Å². The molecule has 0 unspecified atom stereocenters. The van der Waals surface area contributed by atoms with E-state index in [0.29, 0.717) is 12.3 Å². The lowest BCUT2D eigenvalue weighted by atomic mass is 10.3. The zero-order valence-corrected chi connectivity index (χ0v) is 11.7. The second-order valence-corrected chi connectivity index (χ2v) is 5.93.